The maximum Gasteiger partial charge on any atom is 0.234 e. The monoisotopic (exact) mass is 202 g/mol. The third kappa shape index (κ3) is 2.10. The Bertz CT molecular complexity index is 477. The summed E-state index contributed by atoms with van der Waals surface area (Å²) in [6, 6.07) is 7.80. The van der Waals surface area contributed by atoms with Gasteiger partial charge < -0.3 is 9.32 Å². The first-order valence-corrected chi connectivity index (χ1v) is 4.63. The molecule has 0 radical (unpaired) electrons. The summed E-state index contributed by atoms with van der Waals surface area (Å²) in [5, 5.41) is 3.80. The summed E-state index contributed by atoms with van der Waals surface area (Å²) in [5.74, 6) is 0.872. The van der Waals surface area contributed by atoms with E-state index < -0.39 is 0 Å². The van der Waals surface area contributed by atoms with Crippen molar-refractivity contribution >= 4 is 6.29 Å². The van der Waals surface area contributed by atoms with Gasteiger partial charge in [0, 0.05) is 5.56 Å². The van der Waals surface area contributed by atoms with E-state index in [9.17, 15) is 4.79 Å². The first-order valence-electron chi connectivity index (χ1n) is 4.63. The molecule has 15 heavy (non-hydrogen) atoms. The molecular formula is C11H10N2O2. The van der Waals surface area contributed by atoms with Gasteiger partial charge in [0.25, 0.3) is 0 Å². The Morgan fingerprint density at radius 1 is 1.47 bits per heavy atom. The van der Waals surface area contributed by atoms with Gasteiger partial charge in [-0.1, -0.05) is 28.9 Å². The number of benzene rings is 1. The smallest absolute Gasteiger partial charge is 0.234 e. The van der Waals surface area contributed by atoms with Crippen LogP contribution in [0.15, 0.2) is 28.8 Å². The predicted molar refractivity (Wildman–Crippen MR) is 54.2 cm³/mol. The van der Waals surface area contributed by atoms with Gasteiger partial charge >= 0.3 is 0 Å². The number of aldehydes is 1. The summed E-state index contributed by atoms with van der Waals surface area (Å²) in [6.45, 7) is 2.00. The molecule has 0 unspecified atom stereocenters. The van der Waals surface area contributed by atoms with Gasteiger partial charge in [-0.3, -0.25) is 0 Å². The van der Waals surface area contributed by atoms with Crippen molar-refractivity contribution in [2.75, 3.05) is 0 Å². The van der Waals surface area contributed by atoms with Gasteiger partial charge in [0.1, 0.15) is 6.29 Å². The zero-order valence-electron chi connectivity index (χ0n) is 8.30. The Balaban J connectivity index is 2.32. The first kappa shape index (κ1) is 9.58. The van der Waals surface area contributed by atoms with Crippen molar-refractivity contribution in [2.24, 2.45) is 0 Å². The van der Waals surface area contributed by atoms with Gasteiger partial charge in [-0.2, -0.15) is 4.98 Å². The van der Waals surface area contributed by atoms with E-state index in [0.29, 0.717) is 11.7 Å². The van der Waals surface area contributed by atoms with Gasteiger partial charge in [-0.05, 0) is 13.0 Å². The van der Waals surface area contributed by atoms with Crippen LogP contribution in [0.3, 0.4) is 0 Å². The van der Waals surface area contributed by atoms with Crippen molar-refractivity contribution in [1.82, 2.24) is 10.1 Å². The highest BCUT2D eigenvalue weighted by molar-refractivity contribution is 5.56. The molecule has 0 aliphatic heterocycles. The number of carbonyl (C=O) groups excluding carboxylic acids is 1. The van der Waals surface area contributed by atoms with Crippen LogP contribution in [0.2, 0.25) is 0 Å². The number of carbonyl (C=O) groups is 1. The molecule has 4 heteroatoms. The van der Waals surface area contributed by atoms with E-state index in [-0.39, 0.29) is 6.42 Å². The molecule has 2 rings (SSSR count). The SMILES string of the molecule is Cc1cccc(-c2noc(CC=O)n2)c1. The average Bonchev–Trinajstić information content (AvgIpc) is 2.67. The molecule has 1 aromatic heterocycles. The zero-order valence-corrected chi connectivity index (χ0v) is 8.30. The summed E-state index contributed by atoms with van der Waals surface area (Å²) >= 11 is 0. The van der Waals surface area contributed by atoms with E-state index in [0.717, 1.165) is 17.4 Å². The Labute approximate surface area is 86.9 Å². The Kier molecular flexibility index (Phi) is 2.58. The molecule has 0 fully saturated rings. The molecule has 4 nitrogen and oxygen atoms in total. The van der Waals surface area contributed by atoms with Crippen LogP contribution >= 0.6 is 0 Å². The highest BCUT2D eigenvalue weighted by atomic mass is 16.5. The van der Waals surface area contributed by atoms with E-state index in [1.807, 2.05) is 31.2 Å². The van der Waals surface area contributed by atoms with E-state index in [1.165, 1.54) is 0 Å². The Hall–Kier alpha value is -1.97. The molecule has 0 atom stereocenters. The van der Waals surface area contributed by atoms with E-state index in [1.54, 1.807) is 0 Å². The van der Waals surface area contributed by atoms with Gasteiger partial charge in [-0.15, -0.1) is 0 Å². The maximum absolute atomic E-state index is 10.2. The standard InChI is InChI=1S/C11H10N2O2/c1-8-3-2-4-9(7-8)11-12-10(5-6-14)15-13-11/h2-4,6-7H,5H2,1H3. The summed E-state index contributed by atoms with van der Waals surface area (Å²) in [6.07, 6.45) is 0.909. The summed E-state index contributed by atoms with van der Waals surface area (Å²) < 4.78 is 4.91. The van der Waals surface area contributed by atoms with Crippen molar-refractivity contribution in [3.8, 4) is 11.4 Å². The van der Waals surface area contributed by atoms with Gasteiger partial charge in [0.05, 0.1) is 6.42 Å². The molecule has 0 N–H and O–H groups in total. The van der Waals surface area contributed by atoms with Crippen LogP contribution in [0.4, 0.5) is 0 Å². The average molecular weight is 202 g/mol. The second-order valence-corrected chi connectivity index (χ2v) is 3.25. The predicted octanol–water partition coefficient (Wildman–Crippen LogP) is 1.79. The van der Waals surface area contributed by atoms with Crippen LogP contribution in [-0.4, -0.2) is 16.4 Å². The second kappa shape index (κ2) is 4.04. The zero-order chi connectivity index (χ0) is 10.7. The second-order valence-electron chi connectivity index (χ2n) is 3.25. The molecule has 0 saturated carbocycles. The van der Waals surface area contributed by atoms with Gasteiger partial charge in [-0.25, -0.2) is 0 Å². The topological polar surface area (TPSA) is 56.0 Å². The number of hydrogen-bond acceptors (Lipinski definition) is 4. The molecule has 2 aromatic rings. The highest BCUT2D eigenvalue weighted by Gasteiger charge is 2.07. The number of aryl methyl sites for hydroxylation is 1. The number of rotatable bonds is 3. The quantitative estimate of drug-likeness (QED) is 0.712. The summed E-state index contributed by atoms with van der Waals surface area (Å²) in [5.41, 5.74) is 2.03. The Morgan fingerprint density at radius 3 is 3.07 bits per heavy atom. The van der Waals surface area contributed by atoms with Crippen molar-refractivity contribution in [1.29, 1.82) is 0 Å². The largest absolute Gasteiger partial charge is 0.339 e. The maximum atomic E-state index is 10.2. The molecule has 76 valence electrons. The first-order chi connectivity index (χ1) is 7.29. The van der Waals surface area contributed by atoms with Crippen LogP contribution in [0.1, 0.15) is 11.5 Å². The molecular weight excluding hydrogens is 192 g/mol. The van der Waals surface area contributed by atoms with Crippen molar-refractivity contribution in [3.05, 3.63) is 35.7 Å². The molecule has 0 bridgehead atoms. The fourth-order valence-electron chi connectivity index (χ4n) is 1.31. The number of nitrogens with zero attached hydrogens (tertiary/aromatic N) is 2. The van der Waals surface area contributed by atoms with Crippen LogP contribution in [0, 0.1) is 6.92 Å². The molecule has 1 aromatic carbocycles. The van der Waals surface area contributed by atoms with Gasteiger partial charge in [0.2, 0.25) is 11.7 Å². The van der Waals surface area contributed by atoms with Crippen molar-refractivity contribution < 1.29 is 9.32 Å². The van der Waals surface area contributed by atoms with Crippen LogP contribution in [0.25, 0.3) is 11.4 Å². The molecule has 0 aliphatic rings. The van der Waals surface area contributed by atoms with E-state index >= 15 is 0 Å². The molecule has 1 heterocycles. The van der Waals surface area contributed by atoms with Crippen molar-refractivity contribution in [3.63, 3.8) is 0 Å². The lowest BCUT2D eigenvalue weighted by Crippen LogP contribution is -1.86. The lowest BCUT2D eigenvalue weighted by atomic mass is 10.1. The fraction of sp³-hybridized carbons (Fsp3) is 0.182. The molecule has 0 saturated heterocycles. The Morgan fingerprint density at radius 2 is 2.33 bits per heavy atom. The molecule has 0 amide bonds. The van der Waals surface area contributed by atoms with E-state index in [2.05, 4.69) is 10.1 Å². The fourth-order valence-corrected chi connectivity index (χ4v) is 1.31. The minimum atomic E-state index is 0.165. The lowest BCUT2D eigenvalue weighted by molar-refractivity contribution is -0.107. The third-order valence-corrected chi connectivity index (χ3v) is 2.00. The van der Waals surface area contributed by atoms with Crippen LogP contribution in [0.5, 0.6) is 0 Å². The summed E-state index contributed by atoms with van der Waals surface area (Å²) in [7, 11) is 0. The minimum absolute atomic E-state index is 0.165. The number of hydrogen-bond donors (Lipinski definition) is 0. The minimum Gasteiger partial charge on any atom is -0.339 e. The normalized spacial score (nSPS) is 10.2. The van der Waals surface area contributed by atoms with Crippen LogP contribution in [-0.2, 0) is 11.2 Å². The van der Waals surface area contributed by atoms with E-state index in [4.69, 9.17) is 4.52 Å². The third-order valence-electron chi connectivity index (χ3n) is 2.00. The lowest BCUT2D eigenvalue weighted by Gasteiger charge is -1.94. The van der Waals surface area contributed by atoms with Crippen LogP contribution < -0.4 is 0 Å². The molecule has 0 aliphatic carbocycles. The van der Waals surface area contributed by atoms with Crippen molar-refractivity contribution in [2.45, 2.75) is 13.3 Å². The highest BCUT2D eigenvalue weighted by Crippen LogP contribution is 2.16. The summed E-state index contributed by atoms with van der Waals surface area (Å²) in [4.78, 5) is 14.3. The number of aromatic nitrogens is 2. The van der Waals surface area contributed by atoms with Gasteiger partial charge in [0.15, 0.2) is 0 Å². The molecule has 0 spiro atoms.